The van der Waals surface area contributed by atoms with Gasteiger partial charge in [-0.05, 0) is 57.2 Å². The number of nitrogens with one attached hydrogen (secondary N) is 1. The summed E-state index contributed by atoms with van der Waals surface area (Å²) in [5, 5.41) is 13.6. The van der Waals surface area contributed by atoms with Crippen molar-refractivity contribution in [2.75, 3.05) is 6.54 Å². The molecule has 0 heterocycles. The first-order chi connectivity index (χ1) is 7.59. The molecule has 0 aliphatic heterocycles. The standard InChI is InChI=1S/C14H21NO/c1-9-4-7-13(14(16)10(9)2)11(3)15-8-12-5-6-12/h4,7,11-12,15-16H,5-6,8H2,1-3H3. The lowest BCUT2D eigenvalue weighted by molar-refractivity contribution is 0.446. The van der Waals surface area contributed by atoms with Crippen LogP contribution in [0.25, 0.3) is 0 Å². The molecule has 88 valence electrons. The second kappa shape index (κ2) is 4.46. The highest BCUT2D eigenvalue weighted by atomic mass is 16.3. The first-order valence-electron chi connectivity index (χ1n) is 6.12. The van der Waals surface area contributed by atoms with Gasteiger partial charge in [0.1, 0.15) is 5.75 Å². The number of benzene rings is 1. The van der Waals surface area contributed by atoms with Gasteiger partial charge >= 0.3 is 0 Å². The molecule has 0 radical (unpaired) electrons. The quantitative estimate of drug-likeness (QED) is 0.815. The smallest absolute Gasteiger partial charge is 0.123 e. The Hall–Kier alpha value is -1.02. The van der Waals surface area contributed by atoms with E-state index >= 15 is 0 Å². The highest BCUT2D eigenvalue weighted by Gasteiger charge is 2.22. The van der Waals surface area contributed by atoms with Gasteiger partial charge in [-0.1, -0.05) is 12.1 Å². The molecule has 1 fully saturated rings. The summed E-state index contributed by atoms with van der Waals surface area (Å²) in [5.41, 5.74) is 3.16. The summed E-state index contributed by atoms with van der Waals surface area (Å²) in [6, 6.07) is 4.35. The lowest BCUT2D eigenvalue weighted by Gasteiger charge is -2.17. The number of phenolic OH excluding ortho intramolecular Hbond substituents is 1. The van der Waals surface area contributed by atoms with Crippen LogP contribution in [0.1, 0.15) is 42.5 Å². The molecule has 0 saturated heterocycles. The van der Waals surface area contributed by atoms with Crippen molar-refractivity contribution in [2.24, 2.45) is 5.92 Å². The minimum atomic E-state index is 0.236. The van der Waals surface area contributed by atoms with E-state index in [-0.39, 0.29) is 6.04 Å². The highest BCUT2D eigenvalue weighted by Crippen LogP contribution is 2.31. The van der Waals surface area contributed by atoms with Crippen LogP contribution >= 0.6 is 0 Å². The van der Waals surface area contributed by atoms with Crippen LogP contribution in [0, 0.1) is 19.8 Å². The lowest BCUT2D eigenvalue weighted by atomic mass is 10.00. The summed E-state index contributed by atoms with van der Waals surface area (Å²) in [4.78, 5) is 0. The van der Waals surface area contributed by atoms with Crippen LogP contribution in [0.5, 0.6) is 5.75 Å². The van der Waals surface area contributed by atoms with Gasteiger partial charge in [0.05, 0.1) is 0 Å². The minimum absolute atomic E-state index is 0.236. The zero-order valence-corrected chi connectivity index (χ0v) is 10.4. The number of aromatic hydroxyl groups is 1. The predicted octanol–water partition coefficient (Wildman–Crippen LogP) is 3.07. The normalized spacial score (nSPS) is 17.4. The Morgan fingerprint density at radius 1 is 1.38 bits per heavy atom. The van der Waals surface area contributed by atoms with E-state index in [1.807, 2.05) is 19.9 Å². The Morgan fingerprint density at radius 3 is 2.69 bits per heavy atom. The van der Waals surface area contributed by atoms with Crippen LogP contribution in [0.2, 0.25) is 0 Å². The van der Waals surface area contributed by atoms with Gasteiger partial charge in [-0.25, -0.2) is 0 Å². The summed E-state index contributed by atoms with van der Waals surface area (Å²) in [5.74, 6) is 1.33. The van der Waals surface area contributed by atoms with Crippen molar-refractivity contribution < 1.29 is 5.11 Å². The Kier molecular flexibility index (Phi) is 3.20. The second-order valence-corrected chi connectivity index (χ2v) is 5.02. The zero-order chi connectivity index (χ0) is 11.7. The van der Waals surface area contributed by atoms with Crippen LogP contribution in [0.3, 0.4) is 0 Å². The van der Waals surface area contributed by atoms with Crippen LogP contribution in [-0.2, 0) is 0 Å². The average molecular weight is 219 g/mol. The largest absolute Gasteiger partial charge is 0.507 e. The van der Waals surface area contributed by atoms with E-state index in [4.69, 9.17) is 0 Å². The van der Waals surface area contributed by atoms with Crippen molar-refractivity contribution in [3.05, 3.63) is 28.8 Å². The van der Waals surface area contributed by atoms with Crippen molar-refractivity contribution in [1.82, 2.24) is 5.32 Å². The summed E-state index contributed by atoms with van der Waals surface area (Å²) < 4.78 is 0. The molecule has 1 unspecified atom stereocenters. The van der Waals surface area contributed by atoms with Crippen molar-refractivity contribution in [1.29, 1.82) is 0 Å². The van der Waals surface area contributed by atoms with Crippen LogP contribution in [0.4, 0.5) is 0 Å². The summed E-state index contributed by atoms with van der Waals surface area (Å²) >= 11 is 0. The first-order valence-corrected chi connectivity index (χ1v) is 6.12. The Balaban J connectivity index is 2.09. The van der Waals surface area contributed by atoms with Crippen molar-refractivity contribution in [2.45, 2.75) is 39.7 Å². The number of phenols is 1. The van der Waals surface area contributed by atoms with Gasteiger partial charge in [-0.3, -0.25) is 0 Å². The molecule has 1 aromatic rings. The molecule has 1 aliphatic rings. The molecule has 2 heteroatoms. The third-order valence-electron chi connectivity index (χ3n) is 3.61. The van der Waals surface area contributed by atoms with Gasteiger partial charge in [0.15, 0.2) is 0 Å². The fourth-order valence-electron chi connectivity index (χ4n) is 1.95. The van der Waals surface area contributed by atoms with Crippen molar-refractivity contribution in [3.63, 3.8) is 0 Å². The molecular formula is C14H21NO. The molecular weight excluding hydrogens is 198 g/mol. The molecule has 0 amide bonds. The molecule has 0 aromatic heterocycles. The number of rotatable bonds is 4. The van der Waals surface area contributed by atoms with E-state index in [1.165, 1.54) is 12.8 Å². The lowest BCUT2D eigenvalue weighted by Crippen LogP contribution is -2.21. The minimum Gasteiger partial charge on any atom is -0.507 e. The number of hydrogen-bond acceptors (Lipinski definition) is 2. The van der Waals surface area contributed by atoms with Crippen molar-refractivity contribution >= 4 is 0 Å². The van der Waals surface area contributed by atoms with Crippen LogP contribution < -0.4 is 5.32 Å². The summed E-state index contributed by atoms with van der Waals surface area (Å²) in [7, 11) is 0. The maximum Gasteiger partial charge on any atom is 0.123 e. The Bertz CT molecular complexity index is 383. The van der Waals surface area contributed by atoms with Crippen molar-refractivity contribution in [3.8, 4) is 5.75 Å². The predicted molar refractivity (Wildman–Crippen MR) is 66.7 cm³/mol. The average Bonchev–Trinajstić information content (AvgIpc) is 3.07. The molecule has 0 bridgehead atoms. The van der Waals surface area contributed by atoms with Crippen LogP contribution in [0.15, 0.2) is 12.1 Å². The third-order valence-corrected chi connectivity index (χ3v) is 3.61. The monoisotopic (exact) mass is 219 g/mol. The van der Waals surface area contributed by atoms with Gasteiger partial charge in [-0.15, -0.1) is 0 Å². The molecule has 1 aliphatic carbocycles. The third kappa shape index (κ3) is 2.38. The van der Waals surface area contributed by atoms with E-state index < -0.39 is 0 Å². The Morgan fingerprint density at radius 2 is 2.06 bits per heavy atom. The first kappa shape index (κ1) is 11.5. The molecule has 2 rings (SSSR count). The highest BCUT2D eigenvalue weighted by molar-refractivity contribution is 5.45. The van der Waals surface area contributed by atoms with Gasteiger partial charge < -0.3 is 10.4 Å². The summed E-state index contributed by atoms with van der Waals surface area (Å²) in [6.07, 6.45) is 2.72. The molecule has 0 spiro atoms. The van der Waals surface area contributed by atoms with Gasteiger partial charge in [0.2, 0.25) is 0 Å². The molecule has 1 atom stereocenters. The zero-order valence-electron chi connectivity index (χ0n) is 10.4. The summed E-state index contributed by atoms with van der Waals surface area (Å²) in [6.45, 7) is 7.20. The van der Waals surface area contributed by atoms with E-state index in [0.717, 1.165) is 29.2 Å². The SMILES string of the molecule is Cc1ccc(C(C)NCC2CC2)c(O)c1C. The van der Waals surface area contributed by atoms with E-state index in [1.54, 1.807) is 0 Å². The molecule has 1 aromatic carbocycles. The van der Waals surface area contributed by atoms with Crippen LogP contribution in [-0.4, -0.2) is 11.7 Å². The fourth-order valence-corrected chi connectivity index (χ4v) is 1.95. The maximum absolute atomic E-state index is 10.1. The van der Waals surface area contributed by atoms with Gasteiger partial charge in [-0.2, -0.15) is 0 Å². The van der Waals surface area contributed by atoms with Gasteiger partial charge in [0.25, 0.3) is 0 Å². The maximum atomic E-state index is 10.1. The fraction of sp³-hybridized carbons (Fsp3) is 0.571. The number of hydrogen-bond donors (Lipinski definition) is 2. The topological polar surface area (TPSA) is 32.3 Å². The van der Waals surface area contributed by atoms with E-state index in [0.29, 0.717) is 5.75 Å². The second-order valence-electron chi connectivity index (χ2n) is 5.02. The van der Waals surface area contributed by atoms with Gasteiger partial charge in [0, 0.05) is 11.6 Å². The molecule has 2 nitrogen and oxygen atoms in total. The Labute approximate surface area is 97.7 Å². The van der Waals surface area contributed by atoms with E-state index in [9.17, 15) is 5.11 Å². The molecule has 2 N–H and O–H groups in total. The molecule has 1 saturated carbocycles. The molecule has 16 heavy (non-hydrogen) atoms. The van der Waals surface area contributed by atoms with E-state index in [2.05, 4.69) is 18.3 Å². The number of aryl methyl sites for hydroxylation is 1.